The number of amides is 2. The molecule has 2 atom stereocenters. The van der Waals surface area contributed by atoms with Gasteiger partial charge < -0.3 is 14.8 Å². The van der Waals surface area contributed by atoms with Crippen molar-refractivity contribution in [3.8, 4) is 0 Å². The van der Waals surface area contributed by atoms with E-state index >= 15 is 0 Å². The molecule has 1 saturated heterocycles. The molecule has 2 rings (SSSR count). The fraction of sp³-hybridized carbons (Fsp3) is 0.769. The number of aromatic nitrogens is 3. The molecule has 19 heavy (non-hydrogen) atoms. The van der Waals surface area contributed by atoms with Gasteiger partial charge in [-0.05, 0) is 33.1 Å². The lowest BCUT2D eigenvalue weighted by molar-refractivity contribution is 0.174. The van der Waals surface area contributed by atoms with E-state index in [1.54, 1.807) is 6.33 Å². The minimum absolute atomic E-state index is 0.0162. The number of nitrogens with one attached hydrogen (secondary N) is 1. The van der Waals surface area contributed by atoms with E-state index in [4.69, 9.17) is 0 Å². The minimum atomic E-state index is 0.0162. The van der Waals surface area contributed by atoms with Gasteiger partial charge in [0, 0.05) is 18.6 Å². The van der Waals surface area contributed by atoms with Gasteiger partial charge in [-0.1, -0.05) is 6.92 Å². The summed E-state index contributed by atoms with van der Waals surface area (Å²) in [6.07, 6.45) is 4.91. The van der Waals surface area contributed by atoms with Gasteiger partial charge in [0.1, 0.15) is 6.33 Å². The number of urea groups is 1. The number of nitrogens with zero attached hydrogens (tertiary/aromatic N) is 4. The quantitative estimate of drug-likeness (QED) is 0.902. The smallest absolute Gasteiger partial charge is 0.318 e. The number of hydrogen-bond acceptors (Lipinski definition) is 3. The molecule has 0 aliphatic carbocycles. The normalized spacial score (nSPS) is 22.8. The molecule has 0 aromatic carbocycles. The van der Waals surface area contributed by atoms with Gasteiger partial charge in [-0.25, -0.2) is 4.79 Å². The van der Waals surface area contributed by atoms with Crippen molar-refractivity contribution in [2.24, 2.45) is 0 Å². The van der Waals surface area contributed by atoms with Gasteiger partial charge in [0.15, 0.2) is 5.82 Å². The van der Waals surface area contributed by atoms with Gasteiger partial charge in [0.05, 0.1) is 6.54 Å². The first-order valence-electron chi connectivity index (χ1n) is 7.10. The van der Waals surface area contributed by atoms with E-state index in [2.05, 4.69) is 29.4 Å². The molecular formula is C13H23N5O. The number of rotatable bonds is 4. The molecule has 6 heteroatoms. The van der Waals surface area contributed by atoms with Gasteiger partial charge >= 0.3 is 6.03 Å². The highest BCUT2D eigenvalue weighted by atomic mass is 16.2. The molecule has 0 saturated carbocycles. The Morgan fingerprint density at radius 1 is 1.47 bits per heavy atom. The lowest BCUT2D eigenvalue weighted by atomic mass is 10.2. The Morgan fingerprint density at radius 2 is 2.26 bits per heavy atom. The van der Waals surface area contributed by atoms with E-state index in [-0.39, 0.29) is 6.03 Å². The maximum atomic E-state index is 12.3. The van der Waals surface area contributed by atoms with Crippen molar-refractivity contribution in [2.75, 3.05) is 0 Å². The van der Waals surface area contributed by atoms with Crippen molar-refractivity contribution < 1.29 is 4.79 Å². The topological polar surface area (TPSA) is 63.1 Å². The van der Waals surface area contributed by atoms with Crippen LogP contribution in [-0.4, -0.2) is 37.8 Å². The highest BCUT2D eigenvalue weighted by molar-refractivity contribution is 5.75. The lowest BCUT2D eigenvalue weighted by Gasteiger charge is -2.28. The summed E-state index contributed by atoms with van der Waals surface area (Å²) in [6, 6.07) is 0.718. The van der Waals surface area contributed by atoms with Crippen LogP contribution in [0.15, 0.2) is 6.33 Å². The van der Waals surface area contributed by atoms with Gasteiger partial charge in [0.2, 0.25) is 0 Å². The summed E-state index contributed by atoms with van der Waals surface area (Å²) in [5.74, 6) is 0.802. The molecule has 1 aliphatic rings. The molecule has 1 aliphatic heterocycles. The molecule has 1 N–H and O–H groups in total. The van der Waals surface area contributed by atoms with E-state index in [0.717, 1.165) is 31.6 Å². The van der Waals surface area contributed by atoms with Crippen LogP contribution < -0.4 is 5.32 Å². The zero-order chi connectivity index (χ0) is 13.8. The molecule has 106 valence electrons. The Morgan fingerprint density at radius 3 is 2.95 bits per heavy atom. The van der Waals surface area contributed by atoms with Crippen molar-refractivity contribution in [1.82, 2.24) is 25.0 Å². The Bertz CT molecular complexity index is 430. The number of likely N-dealkylation sites (tertiary alicyclic amines) is 1. The standard InChI is InChI=1S/C13H23N5O/c1-4-11-7-6-10(3)18(11)13(19)14-8-12-16-15-9-17(12)5-2/h9-11H,4-8H2,1-3H3,(H,14,19)/t10-,11-/m1/s1. The molecule has 2 heterocycles. The molecule has 1 aromatic heterocycles. The number of aryl methyl sites for hydroxylation is 1. The van der Waals surface area contributed by atoms with Crippen LogP contribution in [0, 0.1) is 0 Å². The second kappa shape index (κ2) is 6.04. The average molecular weight is 265 g/mol. The first-order chi connectivity index (χ1) is 9.17. The number of carbonyl (C=O) groups is 1. The van der Waals surface area contributed by atoms with Gasteiger partial charge in [-0.15, -0.1) is 10.2 Å². The summed E-state index contributed by atoms with van der Waals surface area (Å²) in [7, 11) is 0. The zero-order valence-corrected chi connectivity index (χ0v) is 12.0. The molecule has 1 fully saturated rings. The first kappa shape index (κ1) is 13.8. The van der Waals surface area contributed by atoms with E-state index in [9.17, 15) is 4.79 Å². The SMILES string of the molecule is CC[C@@H]1CC[C@@H](C)N1C(=O)NCc1nncn1CC. The highest BCUT2D eigenvalue weighted by Gasteiger charge is 2.32. The minimum Gasteiger partial charge on any atom is -0.331 e. The van der Waals surface area contributed by atoms with Crippen LogP contribution in [0.5, 0.6) is 0 Å². The predicted molar refractivity (Wildman–Crippen MR) is 72.5 cm³/mol. The fourth-order valence-corrected chi connectivity index (χ4v) is 2.76. The Hall–Kier alpha value is -1.59. The Balaban J connectivity index is 1.94. The molecular weight excluding hydrogens is 242 g/mol. The van der Waals surface area contributed by atoms with Crippen molar-refractivity contribution >= 4 is 6.03 Å². The molecule has 0 bridgehead atoms. The third-order valence-corrected chi connectivity index (χ3v) is 3.93. The third-order valence-electron chi connectivity index (χ3n) is 3.93. The van der Waals surface area contributed by atoms with E-state index in [1.165, 1.54) is 0 Å². The van der Waals surface area contributed by atoms with Gasteiger partial charge in [-0.3, -0.25) is 0 Å². The van der Waals surface area contributed by atoms with Crippen LogP contribution in [0.4, 0.5) is 4.79 Å². The summed E-state index contributed by atoms with van der Waals surface area (Å²) < 4.78 is 1.94. The maximum absolute atomic E-state index is 12.3. The van der Waals surface area contributed by atoms with Crippen molar-refractivity contribution in [3.63, 3.8) is 0 Å². The first-order valence-corrected chi connectivity index (χ1v) is 7.10. The summed E-state index contributed by atoms with van der Waals surface area (Å²) in [6.45, 7) is 7.53. The zero-order valence-electron chi connectivity index (χ0n) is 12.0. The molecule has 0 radical (unpaired) electrons. The largest absolute Gasteiger partial charge is 0.331 e. The van der Waals surface area contributed by atoms with Crippen molar-refractivity contribution in [1.29, 1.82) is 0 Å². The van der Waals surface area contributed by atoms with Crippen LogP contribution >= 0.6 is 0 Å². The van der Waals surface area contributed by atoms with Gasteiger partial charge in [0.25, 0.3) is 0 Å². The van der Waals surface area contributed by atoms with E-state index in [1.807, 2.05) is 16.4 Å². The van der Waals surface area contributed by atoms with Crippen molar-refractivity contribution in [2.45, 2.75) is 65.2 Å². The Kier molecular flexibility index (Phi) is 4.39. The molecule has 6 nitrogen and oxygen atoms in total. The average Bonchev–Trinajstić information content (AvgIpc) is 3.01. The van der Waals surface area contributed by atoms with Crippen LogP contribution in [0.2, 0.25) is 0 Å². The van der Waals surface area contributed by atoms with Crippen LogP contribution in [0.1, 0.15) is 45.9 Å². The molecule has 0 spiro atoms. The second-order valence-electron chi connectivity index (χ2n) is 5.09. The summed E-state index contributed by atoms with van der Waals surface area (Å²) in [5.41, 5.74) is 0. The van der Waals surface area contributed by atoms with Gasteiger partial charge in [-0.2, -0.15) is 0 Å². The molecule has 2 amide bonds. The Labute approximate surface area is 114 Å². The van der Waals surface area contributed by atoms with Crippen molar-refractivity contribution in [3.05, 3.63) is 12.2 Å². The maximum Gasteiger partial charge on any atom is 0.318 e. The third kappa shape index (κ3) is 2.88. The lowest BCUT2D eigenvalue weighted by Crippen LogP contribution is -2.45. The van der Waals surface area contributed by atoms with E-state index in [0.29, 0.717) is 18.6 Å². The fourth-order valence-electron chi connectivity index (χ4n) is 2.76. The van der Waals surface area contributed by atoms with Crippen LogP contribution in [-0.2, 0) is 13.1 Å². The second-order valence-corrected chi connectivity index (χ2v) is 5.09. The molecule has 0 unspecified atom stereocenters. The monoisotopic (exact) mass is 265 g/mol. The molecule has 1 aromatic rings. The predicted octanol–water partition coefficient (Wildman–Crippen LogP) is 1.77. The summed E-state index contributed by atoms with van der Waals surface area (Å²) in [4.78, 5) is 14.3. The number of hydrogen-bond donors (Lipinski definition) is 1. The van der Waals surface area contributed by atoms with Crippen LogP contribution in [0.25, 0.3) is 0 Å². The summed E-state index contributed by atoms with van der Waals surface area (Å²) in [5, 5.41) is 10.8. The van der Waals surface area contributed by atoms with Crippen LogP contribution in [0.3, 0.4) is 0 Å². The highest BCUT2D eigenvalue weighted by Crippen LogP contribution is 2.25. The number of carbonyl (C=O) groups excluding carboxylic acids is 1. The van der Waals surface area contributed by atoms with E-state index < -0.39 is 0 Å². The summed E-state index contributed by atoms with van der Waals surface area (Å²) >= 11 is 0.